The Balaban J connectivity index is 2.23. The van der Waals surface area contributed by atoms with Crippen LogP contribution in [0.3, 0.4) is 0 Å². The molecule has 0 fully saturated rings. The van der Waals surface area contributed by atoms with Gasteiger partial charge in [0.2, 0.25) is 0 Å². The van der Waals surface area contributed by atoms with Crippen LogP contribution in [0, 0.1) is 0 Å². The molecule has 0 spiro atoms. The molecule has 1 aromatic rings. The summed E-state index contributed by atoms with van der Waals surface area (Å²) < 4.78 is 4.88. The lowest BCUT2D eigenvalue weighted by atomic mass is 10.1. The molecular formula is C9H8BO2. The van der Waals surface area contributed by atoms with Crippen LogP contribution in [-0.4, -0.2) is 12.7 Å². The minimum Gasteiger partial charge on any atom is -0.540 e. The minimum absolute atomic E-state index is 0.720. The molecule has 1 radical (unpaired) electrons. The first-order chi connectivity index (χ1) is 5.90. The van der Waals surface area contributed by atoms with Gasteiger partial charge in [0.15, 0.2) is 0 Å². The second-order valence-corrected chi connectivity index (χ2v) is 2.71. The van der Waals surface area contributed by atoms with Crippen LogP contribution in [0.2, 0.25) is 0 Å². The number of rotatable bonds is 2. The molecule has 0 aliphatic heterocycles. The van der Waals surface area contributed by atoms with Crippen molar-refractivity contribution in [1.29, 1.82) is 0 Å². The standard InChI is InChI=1S/C9H8BO2/c11-10-12-9-5-7-3-1-2-4-8(7)6-9/h1-5,11H,6H2. The van der Waals surface area contributed by atoms with E-state index in [2.05, 4.69) is 6.07 Å². The number of hydrogen-bond acceptors (Lipinski definition) is 2. The summed E-state index contributed by atoms with van der Waals surface area (Å²) in [6.07, 6.45) is 2.70. The van der Waals surface area contributed by atoms with E-state index in [0.29, 0.717) is 0 Å². The van der Waals surface area contributed by atoms with Crippen molar-refractivity contribution in [2.24, 2.45) is 0 Å². The molecule has 1 aliphatic rings. The quantitative estimate of drug-likeness (QED) is 0.655. The molecule has 1 aromatic carbocycles. The molecule has 0 aromatic heterocycles. The average Bonchev–Trinajstić information content (AvgIpc) is 2.47. The lowest BCUT2D eigenvalue weighted by molar-refractivity contribution is 0.367. The fraction of sp³-hybridized carbons (Fsp3) is 0.111. The Hall–Kier alpha value is -1.22. The van der Waals surface area contributed by atoms with Crippen molar-refractivity contribution < 1.29 is 9.68 Å². The van der Waals surface area contributed by atoms with E-state index in [1.807, 2.05) is 24.3 Å². The Morgan fingerprint density at radius 3 is 2.92 bits per heavy atom. The fourth-order valence-corrected chi connectivity index (χ4v) is 1.39. The molecule has 0 amide bonds. The highest BCUT2D eigenvalue weighted by Gasteiger charge is 2.12. The van der Waals surface area contributed by atoms with E-state index in [4.69, 9.17) is 9.68 Å². The highest BCUT2D eigenvalue weighted by molar-refractivity contribution is 6.16. The van der Waals surface area contributed by atoms with Crippen molar-refractivity contribution in [2.45, 2.75) is 6.42 Å². The maximum atomic E-state index is 8.42. The van der Waals surface area contributed by atoms with Crippen molar-refractivity contribution in [3.8, 4) is 0 Å². The van der Waals surface area contributed by atoms with Gasteiger partial charge in [0.1, 0.15) is 0 Å². The Kier molecular flexibility index (Phi) is 1.88. The third-order valence-electron chi connectivity index (χ3n) is 1.94. The summed E-state index contributed by atoms with van der Waals surface area (Å²) in [7, 11) is 0.720. The van der Waals surface area contributed by atoms with E-state index < -0.39 is 0 Å². The van der Waals surface area contributed by atoms with E-state index in [9.17, 15) is 0 Å². The van der Waals surface area contributed by atoms with E-state index in [1.165, 1.54) is 11.1 Å². The van der Waals surface area contributed by atoms with Crippen LogP contribution >= 0.6 is 0 Å². The zero-order valence-electron chi connectivity index (χ0n) is 6.53. The van der Waals surface area contributed by atoms with Crippen molar-refractivity contribution in [3.63, 3.8) is 0 Å². The van der Waals surface area contributed by atoms with Gasteiger partial charge in [0.05, 0.1) is 5.76 Å². The third kappa shape index (κ3) is 1.23. The Morgan fingerprint density at radius 1 is 1.33 bits per heavy atom. The monoisotopic (exact) mass is 159 g/mol. The number of benzene rings is 1. The van der Waals surface area contributed by atoms with Gasteiger partial charge in [0, 0.05) is 6.42 Å². The zero-order chi connectivity index (χ0) is 8.39. The SMILES string of the molecule is O[B]OC1=Cc2ccccc2C1. The molecule has 2 nitrogen and oxygen atoms in total. The third-order valence-corrected chi connectivity index (χ3v) is 1.94. The van der Waals surface area contributed by atoms with Crippen molar-refractivity contribution >= 4 is 13.8 Å². The van der Waals surface area contributed by atoms with E-state index in [1.54, 1.807) is 0 Å². The predicted octanol–water partition coefficient (Wildman–Crippen LogP) is 1.13. The first-order valence-corrected chi connectivity index (χ1v) is 3.81. The normalized spacial score (nSPS) is 13.6. The summed E-state index contributed by atoms with van der Waals surface area (Å²) in [4.78, 5) is 0. The van der Waals surface area contributed by atoms with Crippen LogP contribution in [0.15, 0.2) is 30.0 Å². The summed E-state index contributed by atoms with van der Waals surface area (Å²) in [5, 5.41) is 8.42. The molecule has 0 saturated heterocycles. The van der Waals surface area contributed by atoms with Gasteiger partial charge in [0.25, 0.3) is 0 Å². The number of hydrogen-bond donors (Lipinski definition) is 1. The summed E-state index contributed by atoms with van der Waals surface area (Å²) in [6.45, 7) is 0. The largest absolute Gasteiger partial charge is 0.569 e. The Bertz CT molecular complexity index is 320. The van der Waals surface area contributed by atoms with Gasteiger partial charge < -0.3 is 9.68 Å². The van der Waals surface area contributed by atoms with Gasteiger partial charge >= 0.3 is 7.69 Å². The summed E-state index contributed by atoms with van der Waals surface area (Å²) in [6, 6.07) is 8.07. The molecule has 12 heavy (non-hydrogen) atoms. The molecule has 3 heteroatoms. The maximum absolute atomic E-state index is 8.42. The van der Waals surface area contributed by atoms with Crippen LogP contribution in [0.1, 0.15) is 11.1 Å². The topological polar surface area (TPSA) is 29.5 Å². The zero-order valence-corrected chi connectivity index (χ0v) is 6.53. The molecular weight excluding hydrogens is 151 g/mol. The van der Waals surface area contributed by atoms with Gasteiger partial charge in [-0.1, -0.05) is 24.3 Å². The Morgan fingerprint density at radius 2 is 2.17 bits per heavy atom. The van der Waals surface area contributed by atoms with Crippen molar-refractivity contribution in [1.82, 2.24) is 0 Å². The highest BCUT2D eigenvalue weighted by atomic mass is 16.5. The van der Waals surface area contributed by atoms with Gasteiger partial charge in [-0.3, -0.25) is 0 Å². The van der Waals surface area contributed by atoms with Crippen LogP contribution in [-0.2, 0) is 11.1 Å². The van der Waals surface area contributed by atoms with E-state index in [0.717, 1.165) is 19.9 Å². The first-order valence-electron chi connectivity index (χ1n) is 3.81. The van der Waals surface area contributed by atoms with Crippen molar-refractivity contribution in [2.75, 3.05) is 0 Å². The summed E-state index contributed by atoms with van der Waals surface area (Å²) in [5.41, 5.74) is 2.42. The van der Waals surface area contributed by atoms with Crippen LogP contribution in [0.25, 0.3) is 6.08 Å². The highest BCUT2D eigenvalue weighted by Crippen LogP contribution is 2.24. The lowest BCUT2D eigenvalue weighted by Gasteiger charge is -1.99. The van der Waals surface area contributed by atoms with Gasteiger partial charge in [-0.25, -0.2) is 0 Å². The van der Waals surface area contributed by atoms with Gasteiger partial charge in [-0.2, -0.15) is 0 Å². The van der Waals surface area contributed by atoms with E-state index >= 15 is 0 Å². The lowest BCUT2D eigenvalue weighted by Crippen LogP contribution is -1.96. The van der Waals surface area contributed by atoms with Crippen LogP contribution in [0.5, 0.6) is 0 Å². The summed E-state index contributed by atoms with van der Waals surface area (Å²) in [5.74, 6) is 0.790. The number of allylic oxidation sites excluding steroid dienone is 1. The van der Waals surface area contributed by atoms with Gasteiger partial charge in [-0.15, -0.1) is 0 Å². The van der Waals surface area contributed by atoms with Gasteiger partial charge in [-0.05, 0) is 17.2 Å². The summed E-state index contributed by atoms with van der Waals surface area (Å²) >= 11 is 0. The van der Waals surface area contributed by atoms with E-state index in [-0.39, 0.29) is 0 Å². The average molecular weight is 159 g/mol. The Labute approximate surface area is 71.8 Å². The molecule has 0 saturated carbocycles. The minimum atomic E-state index is 0.720. The molecule has 0 heterocycles. The fourth-order valence-electron chi connectivity index (χ4n) is 1.39. The maximum Gasteiger partial charge on any atom is 0.569 e. The number of fused-ring (bicyclic) bond motifs is 1. The predicted molar refractivity (Wildman–Crippen MR) is 47.2 cm³/mol. The second-order valence-electron chi connectivity index (χ2n) is 2.71. The molecule has 0 bridgehead atoms. The molecule has 0 atom stereocenters. The smallest absolute Gasteiger partial charge is 0.540 e. The van der Waals surface area contributed by atoms with Crippen LogP contribution < -0.4 is 0 Å². The molecule has 2 rings (SSSR count). The molecule has 59 valence electrons. The molecule has 1 aliphatic carbocycles. The second kappa shape index (κ2) is 3.03. The molecule has 1 N–H and O–H groups in total. The van der Waals surface area contributed by atoms with Crippen LogP contribution in [0.4, 0.5) is 0 Å². The first kappa shape index (κ1) is 7.43. The van der Waals surface area contributed by atoms with Crippen molar-refractivity contribution in [3.05, 3.63) is 41.2 Å². The molecule has 0 unspecified atom stereocenters.